The second-order valence-electron chi connectivity index (χ2n) is 3.93. The fourth-order valence-electron chi connectivity index (χ4n) is 1.60. The van der Waals surface area contributed by atoms with E-state index in [1.165, 1.54) is 18.6 Å². The van der Waals surface area contributed by atoms with E-state index in [4.69, 9.17) is 11.6 Å². The maximum absolute atomic E-state index is 14.0. The average molecular weight is 303 g/mol. The summed E-state index contributed by atoms with van der Waals surface area (Å²) in [6.07, 6.45) is 6.01. The van der Waals surface area contributed by atoms with Gasteiger partial charge in [0.05, 0.1) is 6.20 Å². The van der Waals surface area contributed by atoms with E-state index in [9.17, 15) is 4.39 Å². The number of anilines is 2. The Morgan fingerprint density at radius 3 is 2.67 bits per heavy atom. The molecule has 0 saturated carbocycles. The van der Waals surface area contributed by atoms with Crippen LogP contribution in [0.15, 0.2) is 43.0 Å². The summed E-state index contributed by atoms with van der Waals surface area (Å²) in [6, 6.07) is 5.24. The molecule has 0 bridgehead atoms. The number of nitrogens with one attached hydrogen (secondary N) is 1. The third-order valence-corrected chi connectivity index (χ3v) is 2.76. The summed E-state index contributed by atoms with van der Waals surface area (Å²) >= 11 is 5.81. The molecule has 0 aliphatic rings. The molecule has 0 fully saturated rings. The molecule has 0 radical (unpaired) electrons. The van der Waals surface area contributed by atoms with Gasteiger partial charge in [-0.25, -0.2) is 15.0 Å². The van der Waals surface area contributed by atoms with E-state index in [2.05, 4.69) is 30.2 Å². The SMILES string of the molecule is Fc1c(Cl)nc(-c2ccccn2)nc1Nc1cnccn1. The molecular weight excluding hydrogens is 295 g/mol. The van der Waals surface area contributed by atoms with Crippen LogP contribution in [-0.4, -0.2) is 24.9 Å². The van der Waals surface area contributed by atoms with Crippen LogP contribution in [-0.2, 0) is 0 Å². The standard InChI is InChI=1S/C13H8ClFN6/c14-11-10(15)13(19-9-7-16-5-6-18-9)21-12(20-11)8-3-1-2-4-17-8/h1-7H,(H,18,19,20,21). The molecule has 3 rings (SSSR count). The van der Waals surface area contributed by atoms with E-state index in [0.717, 1.165) is 0 Å². The van der Waals surface area contributed by atoms with Crippen molar-refractivity contribution in [3.63, 3.8) is 0 Å². The topological polar surface area (TPSA) is 76.5 Å². The second kappa shape index (κ2) is 5.76. The lowest BCUT2D eigenvalue weighted by Crippen LogP contribution is -2.04. The van der Waals surface area contributed by atoms with E-state index in [0.29, 0.717) is 11.5 Å². The Kier molecular flexibility index (Phi) is 3.65. The van der Waals surface area contributed by atoms with E-state index in [1.54, 1.807) is 24.4 Å². The molecule has 0 amide bonds. The normalized spacial score (nSPS) is 10.4. The molecule has 3 aromatic heterocycles. The molecule has 0 aromatic carbocycles. The van der Waals surface area contributed by atoms with Crippen LogP contribution < -0.4 is 5.32 Å². The van der Waals surface area contributed by atoms with Gasteiger partial charge in [0.1, 0.15) is 11.5 Å². The molecule has 0 atom stereocenters. The van der Waals surface area contributed by atoms with Gasteiger partial charge in [0, 0.05) is 18.6 Å². The number of hydrogen-bond donors (Lipinski definition) is 1. The van der Waals surface area contributed by atoms with Gasteiger partial charge in [-0.3, -0.25) is 9.97 Å². The quantitative estimate of drug-likeness (QED) is 0.750. The van der Waals surface area contributed by atoms with Crippen molar-refractivity contribution in [2.75, 3.05) is 5.32 Å². The fraction of sp³-hybridized carbons (Fsp3) is 0. The fourth-order valence-corrected chi connectivity index (χ4v) is 1.77. The molecule has 3 aromatic rings. The van der Waals surface area contributed by atoms with Crippen LogP contribution in [0.25, 0.3) is 11.5 Å². The molecule has 8 heteroatoms. The van der Waals surface area contributed by atoms with E-state index in [1.807, 2.05) is 0 Å². The van der Waals surface area contributed by atoms with Crippen molar-refractivity contribution in [2.45, 2.75) is 0 Å². The van der Waals surface area contributed by atoms with E-state index < -0.39 is 5.82 Å². The van der Waals surface area contributed by atoms with Gasteiger partial charge < -0.3 is 5.32 Å². The largest absolute Gasteiger partial charge is 0.321 e. The lowest BCUT2D eigenvalue weighted by molar-refractivity contribution is 0.620. The first kappa shape index (κ1) is 13.3. The van der Waals surface area contributed by atoms with Crippen LogP contribution in [0.3, 0.4) is 0 Å². The molecular formula is C13H8ClFN6. The minimum atomic E-state index is -0.762. The molecule has 0 spiro atoms. The van der Waals surface area contributed by atoms with Crippen molar-refractivity contribution in [3.8, 4) is 11.5 Å². The van der Waals surface area contributed by atoms with E-state index in [-0.39, 0.29) is 16.8 Å². The van der Waals surface area contributed by atoms with Gasteiger partial charge in [-0.1, -0.05) is 17.7 Å². The van der Waals surface area contributed by atoms with Crippen LogP contribution >= 0.6 is 11.6 Å². The summed E-state index contributed by atoms with van der Waals surface area (Å²) < 4.78 is 14.0. The molecule has 21 heavy (non-hydrogen) atoms. The van der Waals surface area contributed by atoms with Crippen molar-refractivity contribution >= 4 is 23.2 Å². The summed E-state index contributed by atoms with van der Waals surface area (Å²) in [6.45, 7) is 0. The highest BCUT2D eigenvalue weighted by Gasteiger charge is 2.15. The number of hydrogen-bond acceptors (Lipinski definition) is 6. The molecule has 1 N–H and O–H groups in total. The predicted molar refractivity (Wildman–Crippen MR) is 75.5 cm³/mol. The maximum atomic E-state index is 14.0. The van der Waals surface area contributed by atoms with Gasteiger partial charge in [-0.15, -0.1) is 0 Å². The van der Waals surface area contributed by atoms with Gasteiger partial charge >= 0.3 is 0 Å². The van der Waals surface area contributed by atoms with Crippen molar-refractivity contribution in [1.82, 2.24) is 24.9 Å². The van der Waals surface area contributed by atoms with Gasteiger partial charge in [0.25, 0.3) is 0 Å². The second-order valence-corrected chi connectivity index (χ2v) is 4.29. The zero-order valence-corrected chi connectivity index (χ0v) is 11.3. The van der Waals surface area contributed by atoms with Gasteiger partial charge in [-0.2, -0.15) is 4.39 Å². The number of aromatic nitrogens is 5. The summed E-state index contributed by atoms with van der Waals surface area (Å²) in [7, 11) is 0. The van der Waals surface area contributed by atoms with Crippen LogP contribution in [0.5, 0.6) is 0 Å². The van der Waals surface area contributed by atoms with E-state index >= 15 is 0 Å². The number of nitrogens with zero attached hydrogens (tertiary/aromatic N) is 5. The molecule has 0 aliphatic heterocycles. The average Bonchev–Trinajstić information content (AvgIpc) is 2.53. The Hall–Kier alpha value is -2.67. The molecule has 104 valence electrons. The molecule has 0 unspecified atom stereocenters. The predicted octanol–water partition coefficient (Wildman–Crippen LogP) is 2.86. The first-order valence-electron chi connectivity index (χ1n) is 5.91. The summed E-state index contributed by atoms with van der Waals surface area (Å²) in [5.41, 5.74) is 0.488. The molecule has 6 nitrogen and oxygen atoms in total. The zero-order valence-electron chi connectivity index (χ0n) is 10.5. The lowest BCUT2D eigenvalue weighted by atomic mass is 10.3. The van der Waals surface area contributed by atoms with Crippen molar-refractivity contribution < 1.29 is 4.39 Å². The summed E-state index contributed by atoms with van der Waals surface area (Å²) in [4.78, 5) is 19.9. The number of halogens is 2. The van der Waals surface area contributed by atoms with Crippen LogP contribution in [0.4, 0.5) is 16.0 Å². The maximum Gasteiger partial charge on any atom is 0.203 e. The summed E-state index contributed by atoms with van der Waals surface area (Å²) in [5.74, 6) is -0.287. The Morgan fingerprint density at radius 2 is 1.95 bits per heavy atom. The highest BCUT2D eigenvalue weighted by Crippen LogP contribution is 2.24. The Labute approximate surface area is 124 Å². The van der Waals surface area contributed by atoms with Gasteiger partial charge in [-0.05, 0) is 12.1 Å². The molecule has 0 aliphatic carbocycles. The summed E-state index contributed by atoms with van der Waals surface area (Å²) in [5, 5.41) is 2.42. The highest BCUT2D eigenvalue weighted by molar-refractivity contribution is 6.29. The minimum Gasteiger partial charge on any atom is -0.321 e. The zero-order chi connectivity index (χ0) is 14.7. The smallest absolute Gasteiger partial charge is 0.203 e. The Morgan fingerprint density at radius 1 is 1.05 bits per heavy atom. The highest BCUT2D eigenvalue weighted by atomic mass is 35.5. The monoisotopic (exact) mass is 302 g/mol. The number of pyridine rings is 1. The van der Waals surface area contributed by atoms with Gasteiger partial charge in [0.2, 0.25) is 5.82 Å². The van der Waals surface area contributed by atoms with Crippen LogP contribution in [0, 0.1) is 5.82 Å². The first-order valence-corrected chi connectivity index (χ1v) is 6.29. The van der Waals surface area contributed by atoms with Gasteiger partial charge in [0.15, 0.2) is 16.8 Å². The lowest BCUT2D eigenvalue weighted by Gasteiger charge is -2.08. The van der Waals surface area contributed by atoms with Crippen LogP contribution in [0.1, 0.15) is 0 Å². The molecule has 3 heterocycles. The van der Waals surface area contributed by atoms with Crippen molar-refractivity contribution in [3.05, 3.63) is 54.0 Å². The first-order chi connectivity index (χ1) is 10.2. The molecule has 0 saturated heterocycles. The van der Waals surface area contributed by atoms with Crippen molar-refractivity contribution in [1.29, 1.82) is 0 Å². The Balaban J connectivity index is 2.02. The third kappa shape index (κ3) is 2.92. The number of rotatable bonds is 3. The third-order valence-electron chi connectivity index (χ3n) is 2.51. The van der Waals surface area contributed by atoms with Crippen LogP contribution in [0.2, 0.25) is 5.15 Å². The van der Waals surface area contributed by atoms with Crippen molar-refractivity contribution in [2.24, 2.45) is 0 Å². The minimum absolute atomic E-state index is 0.0869. The Bertz CT molecular complexity index is 753.